The molecule has 0 radical (unpaired) electrons. The molecule has 1 N–H and O–H groups in total. The van der Waals surface area contributed by atoms with Crippen LogP contribution in [0.5, 0.6) is 0 Å². The number of fused-ring (bicyclic) bond motifs is 3. The molecule has 0 saturated heterocycles. The first-order valence-corrected chi connectivity index (χ1v) is 13.1. The second-order valence-corrected chi connectivity index (χ2v) is 10.2. The Morgan fingerprint density at radius 1 is 0.972 bits per heavy atom. The van der Waals surface area contributed by atoms with Crippen molar-refractivity contribution in [1.29, 1.82) is 0 Å². The van der Waals surface area contributed by atoms with Gasteiger partial charge in [-0.1, -0.05) is 61.2 Å². The Labute approximate surface area is 216 Å². The molecule has 1 aliphatic carbocycles. The minimum Gasteiger partial charge on any atom is -0.335 e. The quantitative estimate of drug-likeness (QED) is 0.346. The third-order valence-electron chi connectivity index (χ3n) is 7.47. The Morgan fingerprint density at radius 3 is 2.47 bits per heavy atom. The molecule has 184 valence electrons. The van der Waals surface area contributed by atoms with E-state index in [-0.39, 0.29) is 18.1 Å². The van der Waals surface area contributed by atoms with Gasteiger partial charge in [-0.2, -0.15) is 5.10 Å². The molecule has 0 bridgehead atoms. The van der Waals surface area contributed by atoms with E-state index in [1.54, 1.807) is 0 Å². The summed E-state index contributed by atoms with van der Waals surface area (Å²) in [6.07, 6.45) is 7.73. The van der Waals surface area contributed by atoms with E-state index in [9.17, 15) is 4.79 Å². The minimum absolute atomic E-state index is 0.0330. The van der Waals surface area contributed by atoms with Crippen LogP contribution in [0.25, 0.3) is 11.5 Å². The fourth-order valence-corrected chi connectivity index (χ4v) is 5.78. The van der Waals surface area contributed by atoms with Crippen LogP contribution in [0.15, 0.2) is 72.9 Å². The lowest BCUT2D eigenvalue weighted by molar-refractivity contribution is 0.173. The van der Waals surface area contributed by atoms with Crippen LogP contribution in [0.2, 0.25) is 5.02 Å². The summed E-state index contributed by atoms with van der Waals surface area (Å²) in [4.78, 5) is 15.9. The van der Waals surface area contributed by atoms with Crippen molar-refractivity contribution < 1.29 is 4.79 Å². The number of hydrogen-bond acceptors (Lipinski definition) is 2. The first-order chi connectivity index (χ1) is 17.6. The van der Waals surface area contributed by atoms with E-state index >= 15 is 0 Å². The molecule has 4 aromatic rings. The summed E-state index contributed by atoms with van der Waals surface area (Å²) in [7, 11) is 0. The van der Waals surface area contributed by atoms with Crippen LogP contribution in [0, 0.1) is 6.92 Å². The Bertz CT molecular complexity index is 1370. The number of carbonyl (C=O) groups is 1. The molecule has 2 aromatic carbocycles. The molecule has 2 aromatic heterocycles. The molecule has 1 saturated carbocycles. The van der Waals surface area contributed by atoms with Gasteiger partial charge in [0.25, 0.3) is 0 Å². The van der Waals surface area contributed by atoms with E-state index in [0.29, 0.717) is 11.6 Å². The molecule has 0 spiro atoms. The second-order valence-electron chi connectivity index (χ2n) is 9.80. The fraction of sp³-hybridized carbons (Fsp3) is 0.310. The number of carbonyl (C=O) groups excluding carboxylic acids is 1. The first-order valence-electron chi connectivity index (χ1n) is 12.7. The molecule has 36 heavy (non-hydrogen) atoms. The van der Waals surface area contributed by atoms with E-state index in [2.05, 4.69) is 34.3 Å². The average Bonchev–Trinajstić information content (AvgIpc) is 3.46. The number of amides is 2. The Kier molecular flexibility index (Phi) is 6.05. The molecule has 2 aliphatic rings. The maximum atomic E-state index is 14.0. The highest BCUT2D eigenvalue weighted by Crippen LogP contribution is 2.38. The number of urea groups is 1. The van der Waals surface area contributed by atoms with Gasteiger partial charge in [0.2, 0.25) is 0 Å². The van der Waals surface area contributed by atoms with Gasteiger partial charge in [0.15, 0.2) is 0 Å². The molecule has 7 heteroatoms. The van der Waals surface area contributed by atoms with Crippen molar-refractivity contribution in [2.75, 3.05) is 0 Å². The maximum absolute atomic E-state index is 14.0. The zero-order valence-corrected chi connectivity index (χ0v) is 21.2. The summed E-state index contributed by atoms with van der Waals surface area (Å²) < 4.78 is 4.19. The summed E-state index contributed by atoms with van der Waals surface area (Å²) in [6, 6.07) is 22.1. The molecule has 6 nitrogen and oxygen atoms in total. The predicted molar refractivity (Wildman–Crippen MR) is 142 cm³/mol. The van der Waals surface area contributed by atoms with Gasteiger partial charge >= 0.3 is 6.03 Å². The number of aryl methyl sites for hydroxylation is 1. The van der Waals surface area contributed by atoms with Crippen molar-refractivity contribution in [2.45, 2.75) is 57.7 Å². The summed E-state index contributed by atoms with van der Waals surface area (Å²) in [5, 5.41) is 8.97. The van der Waals surface area contributed by atoms with Gasteiger partial charge < -0.3 is 14.8 Å². The number of rotatable bonds is 3. The highest BCUT2D eigenvalue weighted by molar-refractivity contribution is 6.30. The zero-order chi connectivity index (χ0) is 24.6. The predicted octanol–water partition coefficient (Wildman–Crippen LogP) is 6.57. The molecule has 3 heterocycles. The lowest BCUT2D eigenvalue weighted by Crippen LogP contribution is -2.46. The second kappa shape index (κ2) is 9.51. The Morgan fingerprint density at radius 2 is 1.72 bits per heavy atom. The van der Waals surface area contributed by atoms with E-state index in [1.807, 2.05) is 65.0 Å². The number of halogens is 1. The lowest BCUT2D eigenvalue weighted by atomic mass is 9.95. The van der Waals surface area contributed by atoms with Crippen molar-refractivity contribution in [3.8, 4) is 11.5 Å². The van der Waals surface area contributed by atoms with Gasteiger partial charge in [-0.25, -0.2) is 9.48 Å². The Hall–Kier alpha value is -3.51. The normalized spacial score (nSPS) is 17.8. The van der Waals surface area contributed by atoms with Crippen LogP contribution in [0.1, 0.15) is 60.7 Å². The SMILES string of the molecule is Cc1nn(-c2ccccc2)c2c1CN(C(=O)NC1CCCCC1)[C@@H](c1ccc(Cl)cc1)c1cccn1-2. The Balaban J connectivity index is 1.50. The van der Waals surface area contributed by atoms with Gasteiger partial charge in [-0.15, -0.1) is 0 Å². The minimum atomic E-state index is -0.267. The van der Waals surface area contributed by atoms with Crippen molar-refractivity contribution in [2.24, 2.45) is 0 Å². The largest absolute Gasteiger partial charge is 0.335 e. The summed E-state index contributed by atoms with van der Waals surface area (Å²) in [5.74, 6) is 0.977. The topological polar surface area (TPSA) is 55.1 Å². The zero-order valence-electron chi connectivity index (χ0n) is 20.4. The highest BCUT2D eigenvalue weighted by atomic mass is 35.5. The molecule has 1 atom stereocenters. The van der Waals surface area contributed by atoms with Crippen LogP contribution in [0.3, 0.4) is 0 Å². The third kappa shape index (κ3) is 4.09. The number of benzene rings is 2. The molecule has 6 rings (SSSR count). The van der Waals surface area contributed by atoms with Crippen molar-refractivity contribution in [3.63, 3.8) is 0 Å². The number of hydrogen-bond donors (Lipinski definition) is 1. The van der Waals surface area contributed by atoms with Gasteiger partial charge in [0, 0.05) is 22.8 Å². The van der Waals surface area contributed by atoms with Crippen LogP contribution in [0.4, 0.5) is 4.79 Å². The van der Waals surface area contributed by atoms with E-state index in [4.69, 9.17) is 16.7 Å². The average molecular weight is 500 g/mol. The number of para-hydroxylation sites is 1. The van der Waals surface area contributed by atoms with Crippen LogP contribution >= 0.6 is 11.6 Å². The van der Waals surface area contributed by atoms with Crippen LogP contribution in [-0.2, 0) is 6.54 Å². The smallest absolute Gasteiger partial charge is 0.318 e. The van der Waals surface area contributed by atoms with E-state index < -0.39 is 0 Å². The van der Waals surface area contributed by atoms with Gasteiger partial charge in [0.1, 0.15) is 5.82 Å². The lowest BCUT2D eigenvalue weighted by Gasteiger charge is -2.33. The summed E-state index contributed by atoms with van der Waals surface area (Å²) in [6.45, 7) is 2.49. The summed E-state index contributed by atoms with van der Waals surface area (Å²) >= 11 is 6.24. The number of aromatic nitrogens is 3. The van der Waals surface area contributed by atoms with Crippen LogP contribution in [-0.4, -0.2) is 31.3 Å². The van der Waals surface area contributed by atoms with Gasteiger partial charge in [-0.3, -0.25) is 0 Å². The molecule has 1 aliphatic heterocycles. The van der Waals surface area contributed by atoms with Crippen LogP contribution < -0.4 is 5.32 Å². The molecule has 1 fully saturated rings. The maximum Gasteiger partial charge on any atom is 0.318 e. The van der Waals surface area contributed by atoms with Gasteiger partial charge in [-0.05, 0) is 61.7 Å². The molecule has 0 unspecified atom stereocenters. The number of nitrogens with zero attached hydrogens (tertiary/aromatic N) is 4. The van der Waals surface area contributed by atoms with E-state index in [0.717, 1.165) is 46.9 Å². The van der Waals surface area contributed by atoms with Crippen molar-refractivity contribution in [1.82, 2.24) is 24.6 Å². The fourth-order valence-electron chi connectivity index (χ4n) is 5.65. The number of nitrogens with one attached hydrogen (secondary N) is 1. The standard InChI is InChI=1S/C29H30ClN5O/c1-20-25-19-34(29(36)31-23-9-4-2-5-10-23)27(21-14-16-22(30)17-15-21)26-13-8-18-33(26)28(25)35(32-20)24-11-6-3-7-12-24/h3,6-8,11-18,23,27H,2,4-5,9-10,19H2,1H3,(H,31,36)/t27-/m0/s1. The molecular formula is C29H30ClN5O. The monoisotopic (exact) mass is 499 g/mol. The molecular weight excluding hydrogens is 470 g/mol. The van der Waals surface area contributed by atoms with E-state index in [1.165, 1.54) is 19.3 Å². The van der Waals surface area contributed by atoms with Crippen molar-refractivity contribution >= 4 is 17.6 Å². The highest BCUT2D eigenvalue weighted by Gasteiger charge is 2.36. The summed E-state index contributed by atoms with van der Waals surface area (Å²) in [5.41, 5.74) is 5.00. The first kappa shape index (κ1) is 22.9. The van der Waals surface area contributed by atoms with Gasteiger partial charge in [0.05, 0.1) is 29.7 Å². The molecule has 2 amide bonds. The third-order valence-corrected chi connectivity index (χ3v) is 7.72. The van der Waals surface area contributed by atoms with Crippen molar-refractivity contribution in [3.05, 3.63) is 100 Å².